The molecule has 0 aromatic heterocycles. The predicted molar refractivity (Wildman–Crippen MR) is 336 cm³/mol. The zero-order valence-corrected chi connectivity index (χ0v) is 50.6. The summed E-state index contributed by atoms with van der Waals surface area (Å²) in [6.45, 7) is 4.23. The molecule has 0 rings (SSSR count). The van der Waals surface area contributed by atoms with E-state index in [-0.39, 0.29) is 12.5 Å². The second kappa shape index (κ2) is 66.1. The molecule has 0 fully saturated rings. The Morgan fingerprint density at radius 1 is 0.333 bits per heavy atom. The largest absolute Gasteiger partial charge is 0.394 e. The van der Waals surface area contributed by atoms with E-state index in [9.17, 15) is 15.0 Å². The summed E-state index contributed by atoms with van der Waals surface area (Å²) in [6, 6.07) is -0.626. The van der Waals surface area contributed by atoms with E-state index in [1.54, 1.807) is 6.08 Å². The van der Waals surface area contributed by atoms with Crippen molar-refractivity contribution in [1.29, 1.82) is 0 Å². The fourth-order valence-corrected chi connectivity index (χ4v) is 10.4. The number of aliphatic hydroxyl groups excluding tert-OH is 2. The summed E-state index contributed by atoms with van der Waals surface area (Å²) in [4.78, 5) is 12.5. The van der Waals surface area contributed by atoms with Gasteiger partial charge in [-0.2, -0.15) is 0 Å². The van der Waals surface area contributed by atoms with Crippen LogP contribution < -0.4 is 5.32 Å². The highest BCUT2D eigenvalue weighted by atomic mass is 16.3. The fourth-order valence-electron chi connectivity index (χ4n) is 10.4. The van der Waals surface area contributed by atoms with Gasteiger partial charge in [0.25, 0.3) is 0 Å². The Kier molecular flexibility index (Phi) is 64.2. The minimum absolute atomic E-state index is 0.0599. The van der Waals surface area contributed by atoms with Crippen molar-refractivity contribution in [2.24, 2.45) is 0 Å². The highest BCUT2D eigenvalue weighted by Crippen LogP contribution is 2.18. The summed E-state index contributed by atoms with van der Waals surface area (Å²) in [5.74, 6) is -0.0599. The quantitative estimate of drug-likeness (QED) is 0.0420. The topological polar surface area (TPSA) is 69.6 Å². The van der Waals surface area contributed by atoms with Gasteiger partial charge < -0.3 is 15.5 Å². The molecule has 4 heteroatoms. The molecule has 0 aliphatic rings. The maximum Gasteiger partial charge on any atom is 0.220 e. The lowest BCUT2D eigenvalue weighted by Gasteiger charge is -2.20. The predicted octanol–water partition coefficient (Wildman–Crippen LogP) is 22.9. The highest BCUT2D eigenvalue weighted by Gasteiger charge is 2.18. The Hall–Kier alpha value is -2.17. The van der Waals surface area contributed by atoms with E-state index < -0.39 is 12.1 Å². The lowest BCUT2D eigenvalue weighted by Crippen LogP contribution is -2.45. The van der Waals surface area contributed by atoms with Crippen LogP contribution >= 0.6 is 0 Å². The molecule has 75 heavy (non-hydrogen) atoms. The summed E-state index contributed by atoms with van der Waals surface area (Å²) >= 11 is 0. The fraction of sp³-hybridized carbons (Fsp3) is 0.817. The average molecular weight is 1050 g/mol. The van der Waals surface area contributed by atoms with Gasteiger partial charge in [-0.1, -0.05) is 356 Å². The van der Waals surface area contributed by atoms with E-state index >= 15 is 0 Å². The first-order chi connectivity index (χ1) is 37.2. The molecule has 0 bridgehead atoms. The molecule has 0 radical (unpaired) electrons. The average Bonchev–Trinajstić information content (AvgIpc) is 3.41. The summed E-state index contributed by atoms with van der Waals surface area (Å²) in [5, 5.41) is 23.3. The Balaban J connectivity index is 3.45. The van der Waals surface area contributed by atoms with E-state index in [1.165, 1.54) is 276 Å². The van der Waals surface area contributed by atoms with E-state index in [1.807, 2.05) is 6.08 Å². The lowest BCUT2D eigenvalue weighted by molar-refractivity contribution is -0.123. The van der Waals surface area contributed by atoms with Crippen LogP contribution in [0.4, 0.5) is 0 Å². The number of unbranched alkanes of at least 4 members (excludes halogenated alkanes) is 45. The first kappa shape index (κ1) is 72.8. The SMILES string of the molecule is CC/C=C\C/C=C\C/C=C\C/C=C\C/C=C\CCCCCCCCCCCCCCCCCCCC(=O)NC(CO)C(O)/C=C/CCCCCCCCCCCCCCCCCCCCCCCCCCCCCC. The summed E-state index contributed by atoms with van der Waals surface area (Å²) in [6.07, 6.45) is 95.5. The zero-order chi connectivity index (χ0) is 54.1. The van der Waals surface area contributed by atoms with Crippen LogP contribution in [0.1, 0.15) is 354 Å². The first-order valence-corrected chi connectivity index (χ1v) is 33.7. The molecule has 438 valence electrons. The minimum atomic E-state index is -0.843. The molecule has 1 amide bonds. The van der Waals surface area contributed by atoms with Gasteiger partial charge in [0.15, 0.2) is 0 Å². The molecule has 2 unspecified atom stereocenters. The minimum Gasteiger partial charge on any atom is -0.394 e. The molecule has 0 heterocycles. The van der Waals surface area contributed by atoms with Crippen molar-refractivity contribution >= 4 is 5.91 Å². The van der Waals surface area contributed by atoms with Crippen molar-refractivity contribution in [2.45, 2.75) is 366 Å². The number of nitrogens with one attached hydrogen (secondary N) is 1. The molecule has 0 saturated heterocycles. The third-order valence-electron chi connectivity index (χ3n) is 15.4. The Morgan fingerprint density at radius 2 is 0.587 bits per heavy atom. The molecule has 0 aromatic carbocycles. The second-order valence-corrected chi connectivity index (χ2v) is 22.9. The van der Waals surface area contributed by atoms with E-state index in [0.29, 0.717) is 6.42 Å². The van der Waals surface area contributed by atoms with Crippen LogP contribution in [0.25, 0.3) is 0 Å². The van der Waals surface area contributed by atoms with Gasteiger partial charge >= 0.3 is 0 Å². The molecule has 0 spiro atoms. The molecular formula is C71H131NO3. The lowest BCUT2D eigenvalue weighted by atomic mass is 10.0. The Morgan fingerprint density at radius 3 is 0.880 bits per heavy atom. The molecule has 0 aliphatic heterocycles. The summed E-state index contributed by atoms with van der Waals surface area (Å²) < 4.78 is 0. The molecule has 0 aromatic rings. The third-order valence-corrected chi connectivity index (χ3v) is 15.4. The van der Waals surface area contributed by atoms with E-state index in [2.05, 4.69) is 79.9 Å². The normalized spacial score (nSPS) is 13.2. The zero-order valence-electron chi connectivity index (χ0n) is 50.6. The van der Waals surface area contributed by atoms with Gasteiger partial charge in [-0.05, 0) is 64.2 Å². The Bertz CT molecular complexity index is 1280. The Labute approximate surface area is 469 Å². The first-order valence-electron chi connectivity index (χ1n) is 33.7. The van der Waals surface area contributed by atoms with Crippen LogP contribution in [-0.4, -0.2) is 34.9 Å². The van der Waals surface area contributed by atoms with Crippen molar-refractivity contribution in [2.75, 3.05) is 6.61 Å². The van der Waals surface area contributed by atoms with Crippen LogP contribution in [0.5, 0.6) is 0 Å². The number of carbonyl (C=O) groups excluding carboxylic acids is 1. The van der Waals surface area contributed by atoms with Crippen LogP contribution in [0.15, 0.2) is 72.9 Å². The van der Waals surface area contributed by atoms with Gasteiger partial charge in [0, 0.05) is 6.42 Å². The molecular weight excluding hydrogens is 915 g/mol. The molecule has 2 atom stereocenters. The monoisotopic (exact) mass is 1050 g/mol. The van der Waals surface area contributed by atoms with Gasteiger partial charge in [-0.25, -0.2) is 0 Å². The van der Waals surface area contributed by atoms with Gasteiger partial charge in [-0.15, -0.1) is 0 Å². The number of allylic oxidation sites excluding steroid dienone is 11. The van der Waals surface area contributed by atoms with Gasteiger partial charge in [0.2, 0.25) is 5.91 Å². The third kappa shape index (κ3) is 62.6. The molecule has 0 saturated carbocycles. The summed E-state index contributed by atoms with van der Waals surface area (Å²) in [5.41, 5.74) is 0. The van der Waals surface area contributed by atoms with Crippen molar-refractivity contribution in [3.63, 3.8) is 0 Å². The van der Waals surface area contributed by atoms with Gasteiger partial charge in [0.1, 0.15) is 0 Å². The maximum atomic E-state index is 12.5. The smallest absolute Gasteiger partial charge is 0.220 e. The number of aliphatic hydroxyl groups is 2. The van der Waals surface area contributed by atoms with Crippen LogP contribution in [0.2, 0.25) is 0 Å². The molecule has 3 N–H and O–H groups in total. The highest BCUT2D eigenvalue weighted by molar-refractivity contribution is 5.76. The van der Waals surface area contributed by atoms with E-state index in [0.717, 1.165) is 57.8 Å². The molecule has 4 nitrogen and oxygen atoms in total. The van der Waals surface area contributed by atoms with Crippen LogP contribution in [0, 0.1) is 0 Å². The van der Waals surface area contributed by atoms with Crippen molar-refractivity contribution in [3.8, 4) is 0 Å². The van der Waals surface area contributed by atoms with Crippen molar-refractivity contribution in [1.82, 2.24) is 5.32 Å². The number of rotatable bonds is 62. The van der Waals surface area contributed by atoms with Gasteiger partial charge in [0.05, 0.1) is 18.8 Å². The second-order valence-electron chi connectivity index (χ2n) is 22.9. The number of amides is 1. The standard InChI is InChI=1S/C71H131NO3/c1-3-5-7-9-11-13-15-17-19-21-23-25-27-29-31-33-35-36-37-39-41-43-45-47-49-51-53-55-57-59-61-63-65-67-71(75)72-69(68-73)70(74)66-64-62-60-58-56-54-52-50-48-46-44-42-40-38-34-32-30-28-26-24-22-20-18-16-14-12-10-8-6-4-2/h5,7,11,13,17,19,23,25,29,31,64,66,69-70,73-74H,3-4,6,8-10,12,14-16,18,20-22,24,26-28,30,32-63,65,67-68H2,1-2H3,(H,72,75)/b7-5-,13-11-,19-17-,25-23-,31-29-,66-64+. The van der Waals surface area contributed by atoms with Crippen LogP contribution in [0.3, 0.4) is 0 Å². The van der Waals surface area contributed by atoms with Crippen molar-refractivity contribution in [3.05, 3.63) is 72.9 Å². The number of hydrogen-bond donors (Lipinski definition) is 3. The molecule has 0 aliphatic carbocycles. The maximum absolute atomic E-state index is 12.5. The van der Waals surface area contributed by atoms with Crippen LogP contribution in [-0.2, 0) is 4.79 Å². The van der Waals surface area contributed by atoms with Gasteiger partial charge in [-0.3, -0.25) is 4.79 Å². The van der Waals surface area contributed by atoms with Crippen molar-refractivity contribution < 1.29 is 15.0 Å². The number of hydrogen-bond acceptors (Lipinski definition) is 3. The number of carbonyl (C=O) groups is 1. The summed E-state index contributed by atoms with van der Waals surface area (Å²) in [7, 11) is 0. The van der Waals surface area contributed by atoms with E-state index in [4.69, 9.17) is 0 Å².